The van der Waals surface area contributed by atoms with Gasteiger partial charge in [0.25, 0.3) is 5.52 Å². The first-order chi connectivity index (χ1) is 10.1. The van der Waals surface area contributed by atoms with Gasteiger partial charge >= 0.3 is 7.60 Å². The number of carbonyl (C=O) groups excluding carboxylic acids is 1. The zero-order chi connectivity index (χ0) is 15.3. The lowest BCUT2D eigenvalue weighted by molar-refractivity contribution is 0.102. The normalized spacial score (nSPS) is 11.3. The summed E-state index contributed by atoms with van der Waals surface area (Å²) >= 11 is 1.43. The molecule has 0 atom stereocenters. The van der Waals surface area contributed by atoms with Gasteiger partial charge < -0.3 is 9.05 Å². The van der Waals surface area contributed by atoms with Gasteiger partial charge in [-0.2, -0.15) is 0 Å². The van der Waals surface area contributed by atoms with E-state index in [2.05, 4.69) is 0 Å². The van der Waals surface area contributed by atoms with Crippen LogP contribution in [0.2, 0.25) is 0 Å². The van der Waals surface area contributed by atoms with Crippen molar-refractivity contribution in [1.29, 1.82) is 0 Å². The first-order valence-corrected chi connectivity index (χ1v) is 8.55. The summed E-state index contributed by atoms with van der Waals surface area (Å²) in [6.07, 6.45) is 0. The van der Waals surface area contributed by atoms with Crippen LogP contribution in [0.1, 0.15) is 10.4 Å². The molecule has 0 heterocycles. The summed E-state index contributed by atoms with van der Waals surface area (Å²) in [6, 6.07) is 16.6. The largest absolute Gasteiger partial charge is 0.401 e. The lowest BCUT2D eigenvalue weighted by Gasteiger charge is -2.14. The highest BCUT2D eigenvalue weighted by Gasteiger charge is 2.34. The number of carbonyl (C=O) groups is 1. The molecular formula is C15H15O4PS. The molecule has 2 aromatic rings. The number of rotatable bonds is 6. The molecule has 0 aliphatic heterocycles. The van der Waals surface area contributed by atoms with Crippen LogP contribution >= 0.6 is 19.4 Å². The number of hydrogen-bond acceptors (Lipinski definition) is 5. The van der Waals surface area contributed by atoms with Crippen LogP contribution in [-0.2, 0) is 13.6 Å². The van der Waals surface area contributed by atoms with Gasteiger partial charge in [-0.1, -0.05) is 42.1 Å². The van der Waals surface area contributed by atoms with Crippen molar-refractivity contribution >= 4 is 24.9 Å². The van der Waals surface area contributed by atoms with E-state index in [1.807, 2.05) is 36.4 Å². The van der Waals surface area contributed by atoms with E-state index in [9.17, 15) is 9.36 Å². The summed E-state index contributed by atoms with van der Waals surface area (Å²) in [5.41, 5.74) is -0.301. The van der Waals surface area contributed by atoms with Crippen LogP contribution in [0.25, 0.3) is 0 Å². The third-order valence-corrected chi connectivity index (χ3v) is 5.60. The fraction of sp³-hybridized carbons (Fsp3) is 0.133. The van der Waals surface area contributed by atoms with Gasteiger partial charge in [0.05, 0.1) is 0 Å². The molecule has 0 bridgehead atoms. The van der Waals surface area contributed by atoms with Crippen LogP contribution in [0.15, 0.2) is 64.4 Å². The SMILES string of the molecule is COP(=O)(OC)C(=O)c1ccccc1Sc1ccccc1. The molecule has 2 aromatic carbocycles. The number of benzene rings is 2. The van der Waals surface area contributed by atoms with Crippen molar-refractivity contribution in [3.63, 3.8) is 0 Å². The molecule has 0 aromatic heterocycles. The minimum Gasteiger partial charge on any atom is -0.306 e. The van der Waals surface area contributed by atoms with E-state index in [-0.39, 0.29) is 0 Å². The Balaban J connectivity index is 2.38. The Hall–Kier alpha value is -1.39. The second kappa shape index (κ2) is 7.05. The summed E-state index contributed by atoms with van der Waals surface area (Å²) in [6.45, 7) is 0. The van der Waals surface area contributed by atoms with Crippen LogP contribution in [-0.4, -0.2) is 19.7 Å². The zero-order valence-corrected chi connectivity index (χ0v) is 13.4. The molecule has 110 valence electrons. The minimum absolute atomic E-state index is 0.332. The standard InChI is InChI=1S/C15H15O4PS/c1-18-20(17,19-2)15(16)13-10-6-7-11-14(13)21-12-8-4-3-5-9-12/h3-11H,1-2H3. The number of hydrogen-bond donors (Lipinski definition) is 0. The smallest absolute Gasteiger partial charge is 0.306 e. The Kier molecular flexibility index (Phi) is 5.37. The van der Waals surface area contributed by atoms with Gasteiger partial charge in [0.1, 0.15) is 0 Å². The first-order valence-electron chi connectivity index (χ1n) is 6.19. The second-order valence-electron chi connectivity index (χ2n) is 4.08. The van der Waals surface area contributed by atoms with Crippen molar-refractivity contribution in [2.24, 2.45) is 0 Å². The van der Waals surface area contributed by atoms with E-state index in [0.29, 0.717) is 10.5 Å². The summed E-state index contributed by atoms with van der Waals surface area (Å²) < 4.78 is 21.8. The predicted molar refractivity (Wildman–Crippen MR) is 83.0 cm³/mol. The highest BCUT2D eigenvalue weighted by Crippen LogP contribution is 2.51. The van der Waals surface area contributed by atoms with Crippen LogP contribution in [0.3, 0.4) is 0 Å². The van der Waals surface area contributed by atoms with Crippen molar-refractivity contribution in [2.45, 2.75) is 9.79 Å². The molecule has 4 nitrogen and oxygen atoms in total. The van der Waals surface area contributed by atoms with Gasteiger partial charge in [0, 0.05) is 29.6 Å². The fourth-order valence-electron chi connectivity index (χ4n) is 1.74. The summed E-state index contributed by atoms with van der Waals surface area (Å²) in [4.78, 5) is 14.1. The molecule has 0 saturated carbocycles. The van der Waals surface area contributed by atoms with Crippen molar-refractivity contribution < 1.29 is 18.4 Å². The van der Waals surface area contributed by atoms with E-state index in [4.69, 9.17) is 9.05 Å². The van der Waals surface area contributed by atoms with Gasteiger partial charge in [-0.3, -0.25) is 9.36 Å². The summed E-state index contributed by atoms with van der Waals surface area (Å²) in [5.74, 6) is 0. The fourth-order valence-corrected chi connectivity index (χ4v) is 3.75. The predicted octanol–water partition coefficient (Wildman–Crippen LogP) is 4.46. The molecule has 6 heteroatoms. The Morgan fingerprint density at radius 3 is 2.14 bits per heavy atom. The van der Waals surface area contributed by atoms with Crippen LogP contribution < -0.4 is 0 Å². The second-order valence-corrected chi connectivity index (χ2v) is 7.33. The Bertz CT molecular complexity index is 664. The van der Waals surface area contributed by atoms with Gasteiger partial charge in [-0.25, -0.2) is 0 Å². The molecule has 0 unspecified atom stereocenters. The van der Waals surface area contributed by atoms with Crippen LogP contribution in [0.5, 0.6) is 0 Å². The Morgan fingerprint density at radius 1 is 0.952 bits per heavy atom. The molecule has 0 radical (unpaired) electrons. The molecule has 0 fully saturated rings. The molecule has 0 aliphatic carbocycles. The van der Waals surface area contributed by atoms with E-state index >= 15 is 0 Å². The maximum absolute atomic E-state index is 12.4. The Labute approximate surface area is 128 Å². The van der Waals surface area contributed by atoms with Gasteiger partial charge in [0.15, 0.2) is 0 Å². The monoisotopic (exact) mass is 322 g/mol. The quantitative estimate of drug-likeness (QED) is 0.735. The minimum atomic E-state index is -3.78. The lowest BCUT2D eigenvalue weighted by atomic mass is 10.2. The van der Waals surface area contributed by atoms with Crippen LogP contribution in [0.4, 0.5) is 0 Å². The van der Waals surface area contributed by atoms with Gasteiger partial charge in [0.2, 0.25) is 0 Å². The van der Waals surface area contributed by atoms with Crippen molar-refractivity contribution in [1.82, 2.24) is 0 Å². The first kappa shape index (κ1) is 16.0. The zero-order valence-electron chi connectivity index (χ0n) is 11.7. The van der Waals surface area contributed by atoms with Gasteiger partial charge in [-0.15, -0.1) is 0 Å². The van der Waals surface area contributed by atoms with E-state index < -0.39 is 13.1 Å². The van der Waals surface area contributed by atoms with Gasteiger partial charge in [-0.05, 0) is 24.3 Å². The maximum atomic E-state index is 12.4. The summed E-state index contributed by atoms with van der Waals surface area (Å²) in [7, 11) is -1.37. The highest BCUT2D eigenvalue weighted by atomic mass is 32.2. The average Bonchev–Trinajstić information content (AvgIpc) is 2.55. The van der Waals surface area contributed by atoms with Crippen molar-refractivity contribution in [2.75, 3.05) is 14.2 Å². The maximum Gasteiger partial charge on any atom is 0.401 e. The van der Waals surface area contributed by atoms with E-state index in [0.717, 1.165) is 4.90 Å². The third kappa shape index (κ3) is 3.63. The molecule has 0 aliphatic rings. The van der Waals surface area contributed by atoms with Crippen molar-refractivity contribution in [3.05, 3.63) is 60.2 Å². The van der Waals surface area contributed by atoms with E-state index in [1.54, 1.807) is 18.2 Å². The third-order valence-electron chi connectivity index (χ3n) is 2.82. The Morgan fingerprint density at radius 2 is 1.52 bits per heavy atom. The topological polar surface area (TPSA) is 52.6 Å². The van der Waals surface area contributed by atoms with Crippen molar-refractivity contribution in [3.8, 4) is 0 Å². The lowest BCUT2D eigenvalue weighted by Crippen LogP contribution is -2.05. The average molecular weight is 322 g/mol. The van der Waals surface area contributed by atoms with E-state index in [1.165, 1.54) is 26.0 Å². The molecule has 2 rings (SSSR count). The molecule has 21 heavy (non-hydrogen) atoms. The summed E-state index contributed by atoms with van der Waals surface area (Å²) in [5, 5.41) is 0. The molecule has 0 saturated heterocycles. The van der Waals surface area contributed by atoms with Crippen LogP contribution in [0, 0.1) is 0 Å². The molecule has 0 spiro atoms. The molecule has 0 N–H and O–H groups in total. The molecule has 0 amide bonds. The molecular weight excluding hydrogens is 307 g/mol. The highest BCUT2D eigenvalue weighted by molar-refractivity contribution is 7.99.